The molecule has 2 rings (SSSR count). The fourth-order valence-electron chi connectivity index (χ4n) is 2.73. The van der Waals surface area contributed by atoms with Crippen molar-refractivity contribution in [3.63, 3.8) is 0 Å². The van der Waals surface area contributed by atoms with Crippen LogP contribution in [0, 0.1) is 24.0 Å². The fourth-order valence-corrected chi connectivity index (χ4v) is 4.04. The van der Waals surface area contributed by atoms with E-state index >= 15 is 0 Å². The van der Waals surface area contributed by atoms with Crippen LogP contribution < -0.4 is 14.8 Å². The highest BCUT2D eigenvalue weighted by Gasteiger charge is 2.23. The van der Waals surface area contributed by atoms with Gasteiger partial charge in [0, 0.05) is 24.2 Å². The van der Waals surface area contributed by atoms with E-state index in [2.05, 4.69) is 10.0 Å². The van der Waals surface area contributed by atoms with E-state index < -0.39 is 27.5 Å². The van der Waals surface area contributed by atoms with E-state index in [1.54, 1.807) is 6.92 Å². The molecule has 0 aliphatic heterocycles. The van der Waals surface area contributed by atoms with Gasteiger partial charge >= 0.3 is 5.97 Å². The molecule has 0 saturated heterocycles. The SMILES string of the molecule is Cc1ccc(S(=O)(=O)Nc2cc([N+](=O)[O-])ccc2NCCO)c(C)c1OCC(=O)O. The maximum atomic E-state index is 13.0. The number of nitro groups is 1. The van der Waals surface area contributed by atoms with Gasteiger partial charge in [-0.15, -0.1) is 0 Å². The van der Waals surface area contributed by atoms with E-state index in [4.69, 9.17) is 14.9 Å². The maximum Gasteiger partial charge on any atom is 0.341 e. The second-order valence-electron chi connectivity index (χ2n) is 6.26. The topological polar surface area (TPSA) is 168 Å². The largest absolute Gasteiger partial charge is 0.481 e. The number of aliphatic carboxylic acids is 1. The van der Waals surface area contributed by atoms with Gasteiger partial charge in [-0.05, 0) is 31.5 Å². The first-order chi connectivity index (χ1) is 14.1. The molecule has 0 radical (unpaired) electrons. The van der Waals surface area contributed by atoms with Gasteiger partial charge in [0.05, 0.1) is 27.8 Å². The number of anilines is 2. The van der Waals surface area contributed by atoms with Crippen LogP contribution >= 0.6 is 0 Å². The highest BCUT2D eigenvalue weighted by atomic mass is 32.2. The van der Waals surface area contributed by atoms with Crippen LogP contribution in [0.4, 0.5) is 17.1 Å². The van der Waals surface area contributed by atoms with Gasteiger partial charge < -0.3 is 20.3 Å². The molecule has 0 heterocycles. The quantitative estimate of drug-likeness (QED) is 0.319. The van der Waals surface area contributed by atoms with Crippen LogP contribution in [-0.4, -0.2) is 49.3 Å². The summed E-state index contributed by atoms with van der Waals surface area (Å²) in [5.74, 6) is -1.09. The Hall–Kier alpha value is -3.38. The predicted octanol–water partition coefficient (Wildman–Crippen LogP) is 1.88. The van der Waals surface area contributed by atoms with Gasteiger partial charge in [0.2, 0.25) is 0 Å². The summed E-state index contributed by atoms with van der Waals surface area (Å²) in [5.41, 5.74) is 0.580. The molecule has 0 saturated carbocycles. The van der Waals surface area contributed by atoms with Crippen LogP contribution in [0.3, 0.4) is 0 Å². The Kier molecular flexibility index (Phi) is 7.19. The smallest absolute Gasteiger partial charge is 0.341 e. The molecule has 0 spiro atoms. The molecule has 0 aliphatic rings. The monoisotopic (exact) mass is 439 g/mol. The van der Waals surface area contributed by atoms with Crippen LogP contribution in [0.15, 0.2) is 35.2 Å². The Bertz CT molecular complexity index is 1070. The van der Waals surface area contributed by atoms with Gasteiger partial charge in [-0.2, -0.15) is 0 Å². The van der Waals surface area contributed by atoms with Gasteiger partial charge in [-0.25, -0.2) is 13.2 Å². The predicted molar refractivity (Wildman–Crippen MR) is 109 cm³/mol. The molecule has 0 aromatic heterocycles. The van der Waals surface area contributed by atoms with Crippen LogP contribution in [0.2, 0.25) is 0 Å². The van der Waals surface area contributed by atoms with Crippen LogP contribution in [0.1, 0.15) is 11.1 Å². The molecule has 0 unspecified atom stereocenters. The van der Waals surface area contributed by atoms with Gasteiger partial charge in [-0.3, -0.25) is 14.8 Å². The van der Waals surface area contributed by atoms with Crippen LogP contribution in [0.5, 0.6) is 5.75 Å². The van der Waals surface area contributed by atoms with Crippen molar-refractivity contribution < 1.29 is 33.1 Å². The minimum Gasteiger partial charge on any atom is -0.481 e. The average Bonchev–Trinajstić information content (AvgIpc) is 2.65. The van der Waals surface area contributed by atoms with E-state index in [9.17, 15) is 23.3 Å². The molecule has 0 bridgehead atoms. The Morgan fingerprint density at radius 2 is 1.90 bits per heavy atom. The first kappa shape index (κ1) is 22.9. The van der Waals surface area contributed by atoms with Gasteiger partial charge in [0.1, 0.15) is 5.75 Å². The molecule has 11 nitrogen and oxygen atoms in total. The van der Waals surface area contributed by atoms with Gasteiger partial charge in [-0.1, -0.05) is 6.07 Å². The number of aliphatic hydroxyl groups excluding tert-OH is 1. The van der Waals surface area contributed by atoms with E-state index in [1.165, 1.54) is 31.2 Å². The summed E-state index contributed by atoms with van der Waals surface area (Å²) in [5, 5.41) is 31.7. The molecular weight excluding hydrogens is 418 g/mol. The van der Waals surface area contributed by atoms with Crippen molar-refractivity contribution in [1.29, 1.82) is 0 Å². The lowest BCUT2D eigenvalue weighted by Gasteiger charge is -2.17. The molecule has 162 valence electrons. The number of hydrogen-bond donors (Lipinski definition) is 4. The Morgan fingerprint density at radius 1 is 1.20 bits per heavy atom. The summed E-state index contributed by atoms with van der Waals surface area (Å²) in [6, 6.07) is 6.39. The van der Waals surface area contributed by atoms with E-state index in [-0.39, 0.29) is 46.4 Å². The number of nitrogens with one attached hydrogen (secondary N) is 2. The lowest BCUT2D eigenvalue weighted by Crippen LogP contribution is -2.18. The number of nitro benzene ring substituents is 1. The van der Waals surface area contributed by atoms with E-state index in [1.807, 2.05) is 0 Å². The number of carboxylic acids is 1. The highest BCUT2D eigenvalue weighted by Crippen LogP contribution is 2.33. The van der Waals surface area contributed by atoms with E-state index in [0.29, 0.717) is 5.56 Å². The second-order valence-corrected chi connectivity index (χ2v) is 7.91. The number of carbonyl (C=O) groups is 1. The Labute approximate surface area is 172 Å². The number of aryl methyl sites for hydroxylation is 1. The molecule has 0 fully saturated rings. The zero-order chi connectivity index (χ0) is 22.5. The van der Waals surface area contributed by atoms with Crippen LogP contribution in [0.25, 0.3) is 0 Å². The fraction of sp³-hybridized carbons (Fsp3) is 0.278. The molecule has 4 N–H and O–H groups in total. The molecule has 0 aliphatic carbocycles. The zero-order valence-corrected chi connectivity index (χ0v) is 17.0. The lowest BCUT2D eigenvalue weighted by atomic mass is 10.1. The summed E-state index contributed by atoms with van der Waals surface area (Å²) >= 11 is 0. The van der Waals surface area contributed by atoms with E-state index in [0.717, 1.165) is 6.07 Å². The molecule has 0 atom stereocenters. The number of aliphatic hydroxyl groups is 1. The standard InChI is InChI=1S/C18H21N3O8S/c1-11-3-6-16(12(2)18(11)29-10-17(23)24)30(27,28)20-15-9-13(21(25)26)4-5-14(15)19-7-8-22/h3-6,9,19-20,22H,7-8,10H2,1-2H3,(H,23,24). The van der Waals surface area contributed by atoms with Crippen molar-refractivity contribution in [3.8, 4) is 5.75 Å². The molecule has 12 heteroatoms. The number of benzene rings is 2. The molecule has 2 aromatic carbocycles. The minimum absolute atomic E-state index is 0.0781. The van der Waals surface area contributed by atoms with Crippen molar-refractivity contribution in [2.45, 2.75) is 18.7 Å². The van der Waals surface area contributed by atoms with Crippen molar-refractivity contribution in [1.82, 2.24) is 0 Å². The molecule has 30 heavy (non-hydrogen) atoms. The van der Waals surface area contributed by atoms with Crippen molar-refractivity contribution in [2.24, 2.45) is 0 Å². The summed E-state index contributed by atoms with van der Waals surface area (Å²) in [6.07, 6.45) is 0. The Morgan fingerprint density at radius 3 is 2.50 bits per heavy atom. The first-order valence-corrected chi connectivity index (χ1v) is 10.2. The lowest BCUT2D eigenvalue weighted by molar-refractivity contribution is -0.384. The van der Waals surface area contributed by atoms with Crippen molar-refractivity contribution >= 4 is 33.1 Å². The summed E-state index contributed by atoms with van der Waals surface area (Å²) in [4.78, 5) is 21.0. The number of non-ortho nitro benzene ring substituents is 1. The van der Waals surface area contributed by atoms with Gasteiger partial charge in [0.15, 0.2) is 6.61 Å². The summed E-state index contributed by atoms with van der Waals surface area (Å²) in [6.45, 7) is 2.34. The minimum atomic E-state index is -4.21. The third-order valence-corrected chi connectivity index (χ3v) is 5.58. The van der Waals surface area contributed by atoms with Gasteiger partial charge in [0.25, 0.3) is 15.7 Å². The maximum absolute atomic E-state index is 13.0. The third-order valence-electron chi connectivity index (χ3n) is 4.07. The average molecular weight is 439 g/mol. The number of ether oxygens (including phenoxy) is 1. The number of rotatable bonds is 10. The second kappa shape index (κ2) is 9.41. The number of carboxylic acid groups (broad SMARTS) is 1. The zero-order valence-electron chi connectivity index (χ0n) is 16.2. The third kappa shape index (κ3) is 5.36. The van der Waals surface area contributed by atoms with Crippen LogP contribution in [-0.2, 0) is 14.8 Å². The summed E-state index contributed by atoms with van der Waals surface area (Å²) < 4.78 is 33.5. The molecule has 0 amide bonds. The number of hydrogen-bond acceptors (Lipinski definition) is 8. The molecular formula is C18H21N3O8S. The normalized spacial score (nSPS) is 11.0. The highest BCUT2D eigenvalue weighted by molar-refractivity contribution is 7.92. The first-order valence-electron chi connectivity index (χ1n) is 8.67. The van der Waals surface area contributed by atoms with Crippen molar-refractivity contribution in [3.05, 3.63) is 51.6 Å². The Balaban J connectivity index is 2.48. The summed E-state index contributed by atoms with van der Waals surface area (Å²) in [7, 11) is -4.21. The molecule has 2 aromatic rings. The number of nitrogens with zero attached hydrogens (tertiary/aromatic N) is 1. The number of sulfonamides is 1. The van der Waals surface area contributed by atoms with Crippen molar-refractivity contribution in [2.75, 3.05) is 29.8 Å².